The van der Waals surface area contributed by atoms with Gasteiger partial charge in [-0.05, 0) is 38.9 Å². The van der Waals surface area contributed by atoms with Crippen molar-refractivity contribution in [3.05, 3.63) is 115 Å². The Balaban J connectivity index is 2.46. The van der Waals surface area contributed by atoms with E-state index in [1.54, 1.807) is 0 Å². The predicted molar refractivity (Wildman–Crippen MR) is 134 cm³/mol. The number of allylic oxidation sites excluding steroid dienone is 3. The minimum Gasteiger partial charge on any atom is -0.103 e. The van der Waals surface area contributed by atoms with E-state index in [2.05, 4.69) is 118 Å². The average molecular weight is 417 g/mol. The summed E-state index contributed by atoms with van der Waals surface area (Å²) in [5, 5.41) is 3.80. The van der Waals surface area contributed by atoms with Gasteiger partial charge in [-0.25, -0.2) is 0 Å². The van der Waals surface area contributed by atoms with Crippen molar-refractivity contribution in [2.24, 2.45) is 5.41 Å². The summed E-state index contributed by atoms with van der Waals surface area (Å²) in [5.74, 6) is 0. The normalized spacial score (nSPS) is 12.9. The molecule has 0 radical (unpaired) electrons. The molecule has 3 aromatic carbocycles. The molecule has 0 aliphatic heterocycles. The van der Waals surface area contributed by atoms with Crippen LogP contribution in [-0.4, -0.2) is 0 Å². The maximum Gasteiger partial charge on any atom is 0.0347 e. The van der Waals surface area contributed by atoms with Gasteiger partial charge in [0, 0.05) is 6.04 Å². The molecule has 0 heterocycles. The van der Waals surface area contributed by atoms with E-state index in [9.17, 15) is 0 Å². The Morgan fingerprint density at radius 1 is 0.793 bits per heavy atom. The molecule has 0 aliphatic carbocycles. The summed E-state index contributed by atoms with van der Waals surface area (Å²) >= 11 is 6.67. The van der Waals surface area contributed by atoms with Crippen LogP contribution in [0.4, 0.5) is 0 Å². The van der Waals surface area contributed by atoms with Crippen LogP contribution in [-0.2, 0) is 11.8 Å². The molecule has 0 saturated carbocycles. The largest absolute Gasteiger partial charge is 0.103 e. The van der Waals surface area contributed by atoms with Gasteiger partial charge in [0.15, 0.2) is 0 Å². The van der Waals surface area contributed by atoms with Gasteiger partial charge >= 0.3 is 0 Å². The lowest BCUT2D eigenvalue weighted by Gasteiger charge is -2.34. The second kappa shape index (κ2) is 9.08. The molecule has 3 rings (SSSR count). The molecule has 0 aromatic heterocycles. The summed E-state index contributed by atoms with van der Waals surface area (Å²) in [5.41, 5.74) is 2.54. The van der Waals surface area contributed by atoms with Crippen molar-refractivity contribution >= 4 is 34.0 Å². The standard InChI is InChI=1S/C27H29PS/c1-5-15-25(26(27(2,3)4)22-16-9-6-10-17-22)28(29,23-18-11-7-12-19-23)24-20-13-8-14-21-24/h5-14,16-21H,1,15H2,2-4H3/b26-25+. The third-order valence-electron chi connectivity index (χ3n) is 5.06. The highest BCUT2D eigenvalue weighted by molar-refractivity contribution is 8.24. The number of hydrogen-bond acceptors (Lipinski definition) is 1. The molecular formula is C27H29PS. The van der Waals surface area contributed by atoms with Crippen molar-refractivity contribution in [1.82, 2.24) is 0 Å². The molecule has 0 fully saturated rings. The number of rotatable bonds is 6. The summed E-state index contributed by atoms with van der Waals surface area (Å²) in [7, 11) is 0. The molecule has 3 aromatic rings. The van der Waals surface area contributed by atoms with Crippen molar-refractivity contribution in [3.63, 3.8) is 0 Å². The van der Waals surface area contributed by atoms with Crippen LogP contribution < -0.4 is 10.6 Å². The van der Waals surface area contributed by atoms with Crippen molar-refractivity contribution in [1.29, 1.82) is 0 Å². The molecule has 0 aliphatic rings. The molecule has 148 valence electrons. The molecule has 0 amide bonds. The first-order valence-corrected chi connectivity index (χ1v) is 12.8. The smallest absolute Gasteiger partial charge is 0.0347 e. The lowest BCUT2D eigenvalue weighted by atomic mass is 9.81. The molecule has 0 unspecified atom stereocenters. The second-order valence-corrected chi connectivity index (χ2v) is 12.6. The quantitative estimate of drug-likeness (QED) is 0.304. The highest BCUT2D eigenvalue weighted by Gasteiger charge is 2.33. The third kappa shape index (κ3) is 4.53. The molecule has 2 heteroatoms. The summed E-state index contributed by atoms with van der Waals surface area (Å²) in [6.07, 6.45) is 2.79. The Bertz CT molecular complexity index is 983. The molecule has 0 bridgehead atoms. The van der Waals surface area contributed by atoms with Crippen LogP contribution in [0.3, 0.4) is 0 Å². The minimum absolute atomic E-state index is 0.0483. The zero-order valence-corrected chi connectivity index (χ0v) is 19.2. The van der Waals surface area contributed by atoms with Crippen LogP contribution in [0.1, 0.15) is 32.8 Å². The number of hydrogen-bond donors (Lipinski definition) is 0. The van der Waals surface area contributed by atoms with Crippen LogP contribution in [0.15, 0.2) is 109 Å². The fourth-order valence-electron chi connectivity index (χ4n) is 3.90. The summed E-state index contributed by atoms with van der Waals surface area (Å²) in [4.78, 5) is 0. The van der Waals surface area contributed by atoms with E-state index < -0.39 is 6.04 Å². The van der Waals surface area contributed by atoms with Gasteiger partial charge in [-0.3, -0.25) is 0 Å². The molecule has 29 heavy (non-hydrogen) atoms. The SMILES string of the molecule is C=CC/C(=C(/c1ccccc1)C(C)(C)C)P(=S)(c1ccccc1)c1ccccc1. The van der Waals surface area contributed by atoms with E-state index in [-0.39, 0.29) is 5.41 Å². The maximum atomic E-state index is 6.67. The maximum absolute atomic E-state index is 6.67. The van der Waals surface area contributed by atoms with Crippen molar-refractivity contribution in [3.8, 4) is 0 Å². The van der Waals surface area contributed by atoms with Crippen molar-refractivity contribution in [2.45, 2.75) is 27.2 Å². The Morgan fingerprint density at radius 2 is 1.21 bits per heavy atom. The van der Waals surface area contributed by atoms with Gasteiger partial charge in [0.05, 0.1) is 0 Å². The summed E-state index contributed by atoms with van der Waals surface area (Å²) < 4.78 is 0. The van der Waals surface area contributed by atoms with E-state index >= 15 is 0 Å². The fraction of sp³-hybridized carbons (Fsp3) is 0.185. The van der Waals surface area contributed by atoms with Crippen LogP contribution in [0, 0.1) is 5.41 Å². The second-order valence-electron chi connectivity index (χ2n) is 8.21. The van der Waals surface area contributed by atoms with Crippen LogP contribution in [0.25, 0.3) is 5.57 Å². The van der Waals surface area contributed by atoms with Gasteiger partial charge in [0.2, 0.25) is 0 Å². The Labute approximate surface area is 181 Å². The topological polar surface area (TPSA) is 0 Å². The van der Waals surface area contributed by atoms with Gasteiger partial charge in [-0.2, -0.15) is 0 Å². The minimum atomic E-state index is -2.23. The van der Waals surface area contributed by atoms with Crippen LogP contribution in [0.2, 0.25) is 0 Å². The first-order chi connectivity index (χ1) is 13.9. The lowest BCUT2D eigenvalue weighted by molar-refractivity contribution is 0.565. The zero-order valence-electron chi connectivity index (χ0n) is 17.5. The molecule has 0 spiro atoms. The monoisotopic (exact) mass is 416 g/mol. The van der Waals surface area contributed by atoms with Gasteiger partial charge in [0.1, 0.15) is 0 Å². The summed E-state index contributed by atoms with van der Waals surface area (Å²) in [6.45, 7) is 11.0. The Morgan fingerprint density at radius 3 is 1.59 bits per heavy atom. The highest BCUT2D eigenvalue weighted by atomic mass is 32.4. The van der Waals surface area contributed by atoms with Gasteiger partial charge in [0.25, 0.3) is 0 Å². The average Bonchev–Trinajstić information content (AvgIpc) is 2.74. The van der Waals surface area contributed by atoms with Gasteiger partial charge < -0.3 is 0 Å². The predicted octanol–water partition coefficient (Wildman–Crippen LogP) is 7.15. The Hall–Kier alpha value is -2.21. The summed E-state index contributed by atoms with van der Waals surface area (Å²) in [6, 6.07) is 29.8. The van der Waals surface area contributed by atoms with E-state index in [1.807, 2.05) is 6.08 Å². The van der Waals surface area contributed by atoms with E-state index in [1.165, 1.54) is 27.1 Å². The first-order valence-electron chi connectivity index (χ1n) is 10.0. The van der Waals surface area contributed by atoms with E-state index in [0.717, 1.165) is 6.42 Å². The molecule has 0 atom stereocenters. The molecular weight excluding hydrogens is 387 g/mol. The van der Waals surface area contributed by atoms with Crippen molar-refractivity contribution in [2.75, 3.05) is 0 Å². The van der Waals surface area contributed by atoms with E-state index in [0.29, 0.717) is 0 Å². The zero-order chi connectivity index (χ0) is 20.9. The lowest BCUT2D eigenvalue weighted by Crippen LogP contribution is -2.21. The third-order valence-corrected chi connectivity index (χ3v) is 10.2. The van der Waals surface area contributed by atoms with Crippen LogP contribution >= 0.6 is 6.04 Å². The van der Waals surface area contributed by atoms with Gasteiger partial charge in [-0.15, -0.1) is 6.58 Å². The number of benzene rings is 3. The van der Waals surface area contributed by atoms with Gasteiger partial charge in [-0.1, -0.05) is 130 Å². The highest BCUT2D eigenvalue weighted by Crippen LogP contribution is 2.58. The van der Waals surface area contributed by atoms with E-state index in [4.69, 9.17) is 11.8 Å². The molecule has 0 N–H and O–H groups in total. The molecule has 0 nitrogen and oxygen atoms in total. The first kappa shape index (κ1) is 21.5. The fourth-order valence-corrected chi connectivity index (χ4v) is 8.40. The van der Waals surface area contributed by atoms with Crippen molar-refractivity contribution < 1.29 is 0 Å². The molecule has 0 saturated heterocycles. The Kier molecular flexibility index (Phi) is 6.73. The van der Waals surface area contributed by atoms with Crippen LogP contribution in [0.5, 0.6) is 0 Å².